The number of thioether (sulfide) groups is 1. The minimum absolute atomic E-state index is 0. The number of nitrogens with one attached hydrogen (secondary N) is 2. The largest absolute Gasteiger partial charge is 1.00 e. The Kier molecular flexibility index (Phi) is 9.75. The summed E-state index contributed by atoms with van der Waals surface area (Å²) in [5.41, 5.74) is 0.383. The summed E-state index contributed by atoms with van der Waals surface area (Å²) in [5, 5.41) is 27.7. The van der Waals surface area contributed by atoms with Gasteiger partial charge in [0.1, 0.15) is 0 Å². The Morgan fingerprint density at radius 1 is 1.29 bits per heavy atom. The van der Waals surface area contributed by atoms with Crippen LogP contribution in [0.15, 0.2) is 48.5 Å². The monoisotopic (exact) mass is 609 g/mol. The summed E-state index contributed by atoms with van der Waals surface area (Å²) in [6, 6.07) is 5.15. The fourth-order valence-corrected chi connectivity index (χ4v) is 6.99. The van der Waals surface area contributed by atoms with E-state index < -0.39 is 47.8 Å². The number of aliphatic hydroxyl groups is 1. The van der Waals surface area contributed by atoms with Crippen LogP contribution < -0.4 is 51.1 Å². The van der Waals surface area contributed by atoms with E-state index in [1.165, 1.54) is 42.6 Å². The number of aliphatic carboxylic acids is 1. The van der Waals surface area contributed by atoms with Crippen LogP contribution >= 0.6 is 11.8 Å². The van der Waals surface area contributed by atoms with E-state index in [1.807, 2.05) is 6.92 Å². The number of carboxylic acid groups (broad SMARTS) is 1. The number of hydrogen-bond donors (Lipinski definition) is 3. The molecule has 0 saturated carbocycles. The number of hydrogen-bond acceptors (Lipinski definition) is 12. The normalized spacial score (nSPS) is 25.4. The van der Waals surface area contributed by atoms with E-state index in [9.17, 15) is 34.2 Å². The molecule has 13 nitrogen and oxygen atoms in total. The predicted molar refractivity (Wildman–Crippen MR) is 141 cm³/mol. The summed E-state index contributed by atoms with van der Waals surface area (Å²) in [7, 11) is 0. The number of carbonyl (C=O) groups excluding carboxylic acids is 4. The maximum Gasteiger partial charge on any atom is 1.00 e. The van der Waals surface area contributed by atoms with Crippen molar-refractivity contribution in [1.29, 1.82) is 0 Å². The van der Waals surface area contributed by atoms with Gasteiger partial charge >= 0.3 is 41.3 Å². The topological polar surface area (TPSA) is 191 Å². The van der Waals surface area contributed by atoms with E-state index in [1.54, 1.807) is 12.1 Å². The van der Waals surface area contributed by atoms with E-state index in [0.29, 0.717) is 23.6 Å². The molecule has 1 aromatic heterocycles. The molecule has 2 aromatic rings. The fourth-order valence-electron chi connectivity index (χ4n) is 5.52. The first kappa shape index (κ1) is 32.0. The number of carbonyl (C=O) groups is 4. The molecule has 0 aliphatic carbocycles. The van der Waals surface area contributed by atoms with Crippen molar-refractivity contribution in [2.45, 2.75) is 57.2 Å². The Morgan fingerprint density at radius 3 is 2.67 bits per heavy atom. The molecule has 42 heavy (non-hydrogen) atoms. The quantitative estimate of drug-likeness (QED) is 0.150. The zero-order valence-electron chi connectivity index (χ0n) is 23.4. The van der Waals surface area contributed by atoms with E-state index >= 15 is 0 Å². The molecule has 5 rings (SSSR count). The fraction of sp³-hybridized carbons (Fsp3) is 0.444. The van der Waals surface area contributed by atoms with Crippen molar-refractivity contribution >= 4 is 41.2 Å². The van der Waals surface area contributed by atoms with Crippen molar-refractivity contribution in [3.8, 4) is 0 Å². The number of fused-ring (bicyclic) bond motifs is 1. The third kappa shape index (κ3) is 6.10. The van der Waals surface area contributed by atoms with Crippen molar-refractivity contribution in [3.63, 3.8) is 0 Å². The molecule has 2 fully saturated rings. The summed E-state index contributed by atoms with van der Waals surface area (Å²) in [6.45, 7) is 4.98. The average molecular weight is 610 g/mol. The van der Waals surface area contributed by atoms with Crippen molar-refractivity contribution < 1.29 is 72.5 Å². The molecule has 3 aliphatic heterocycles. The molecule has 3 aliphatic rings. The first-order chi connectivity index (χ1) is 19.5. The van der Waals surface area contributed by atoms with E-state index in [0.717, 1.165) is 0 Å². The Morgan fingerprint density at radius 2 is 2.02 bits per heavy atom. The summed E-state index contributed by atoms with van der Waals surface area (Å²) < 4.78 is 14.7. The third-order valence-corrected chi connectivity index (χ3v) is 9.05. The second-order valence-electron chi connectivity index (χ2n) is 10.3. The van der Waals surface area contributed by atoms with Gasteiger partial charge < -0.3 is 44.1 Å². The third-order valence-electron chi connectivity index (χ3n) is 7.54. The number of aryl methyl sites for hydroxylation is 1. The van der Waals surface area contributed by atoms with E-state index in [4.69, 9.17) is 13.6 Å². The molecule has 3 N–H and O–H groups in total. The van der Waals surface area contributed by atoms with Gasteiger partial charge in [-0.2, -0.15) is 0 Å². The molecule has 2 saturated heterocycles. The van der Waals surface area contributed by atoms with E-state index in [2.05, 4.69) is 10.6 Å². The van der Waals surface area contributed by atoms with E-state index in [-0.39, 0.29) is 76.0 Å². The maximum absolute atomic E-state index is 13.0. The molecule has 15 heteroatoms. The molecule has 4 heterocycles. The van der Waals surface area contributed by atoms with Crippen LogP contribution in [0.2, 0.25) is 0 Å². The first-order valence-corrected chi connectivity index (χ1v) is 13.9. The second kappa shape index (κ2) is 12.8. The van der Waals surface area contributed by atoms with Gasteiger partial charge in [-0.05, 0) is 38.5 Å². The number of β-lactam (4-membered cyclic amide) rings is 1. The molecule has 0 radical (unpaired) electrons. The molecular weight excluding hydrogens is 581 g/mol. The van der Waals surface area contributed by atoms with Gasteiger partial charge in [0.2, 0.25) is 11.8 Å². The van der Waals surface area contributed by atoms with Gasteiger partial charge in [0, 0.05) is 28.3 Å². The molecule has 218 valence electrons. The van der Waals surface area contributed by atoms with Gasteiger partial charge in [0.05, 0.1) is 41.3 Å². The zero-order chi connectivity index (χ0) is 29.6. The molecule has 1 aromatic carbocycles. The van der Waals surface area contributed by atoms with Crippen LogP contribution in [0.1, 0.15) is 42.1 Å². The molecule has 6 atom stereocenters. The second-order valence-corrected chi connectivity index (χ2v) is 11.6. The van der Waals surface area contributed by atoms with Crippen LogP contribution in [0.4, 0.5) is 5.69 Å². The molecular formula is C27H28N3NaO10S. The summed E-state index contributed by atoms with van der Waals surface area (Å²) >= 11 is 1.31. The summed E-state index contributed by atoms with van der Waals surface area (Å²) in [6.07, 6.45) is -0.508. The summed E-state index contributed by atoms with van der Waals surface area (Å²) in [4.78, 5) is 62.8. The van der Waals surface area contributed by atoms with Crippen molar-refractivity contribution in [1.82, 2.24) is 10.2 Å². The number of aliphatic hydroxyl groups excluding tert-OH is 1. The predicted octanol–water partition coefficient (Wildman–Crippen LogP) is -2.88. The number of benzene rings is 1. The SMILES string of the molecule is Cc1oc(=O)oc1COC(=O)c1cccc(NC(=O)[C@@H]2C[C@H](SC3=C(C(=O)[O-])N4C(=O)[C@H]([C@@H](C)O)[C@H]4[C@H]3C)CN2)c1.[Na+]. The van der Waals surface area contributed by atoms with Gasteiger partial charge in [-0.3, -0.25) is 9.59 Å². The van der Waals surface area contributed by atoms with Crippen molar-refractivity contribution in [2.75, 3.05) is 11.9 Å². The molecule has 0 bridgehead atoms. The number of ether oxygens (including phenoxy) is 1. The number of carboxylic acids is 1. The molecule has 0 unspecified atom stereocenters. The summed E-state index contributed by atoms with van der Waals surface area (Å²) in [5.74, 6) is -4.44. The number of rotatable bonds is 9. The van der Waals surface area contributed by atoms with Crippen LogP contribution in [-0.2, 0) is 25.7 Å². The van der Waals surface area contributed by atoms with Gasteiger partial charge in [-0.15, -0.1) is 11.8 Å². The van der Waals surface area contributed by atoms with Crippen LogP contribution in [0.3, 0.4) is 0 Å². The van der Waals surface area contributed by atoms with Gasteiger partial charge in [0.15, 0.2) is 18.1 Å². The molecule has 0 spiro atoms. The minimum atomic E-state index is -1.44. The Bertz CT molecular complexity index is 1500. The molecule has 2 amide bonds. The first-order valence-electron chi connectivity index (χ1n) is 13.0. The van der Waals surface area contributed by atoms with Crippen LogP contribution in [0.25, 0.3) is 0 Å². The number of nitrogens with zero attached hydrogens (tertiary/aromatic N) is 1. The van der Waals surface area contributed by atoms with Crippen molar-refractivity contribution in [3.05, 3.63) is 62.6 Å². The van der Waals surface area contributed by atoms with Gasteiger partial charge in [0.25, 0.3) is 0 Å². The number of amides is 2. The van der Waals surface area contributed by atoms with Gasteiger partial charge in [-0.1, -0.05) is 13.0 Å². The van der Waals surface area contributed by atoms with Crippen molar-refractivity contribution in [2.24, 2.45) is 11.8 Å². The van der Waals surface area contributed by atoms with Crippen LogP contribution in [-0.4, -0.2) is 63.7 Å². The standard InChI is InChI=1S/C27H29N3O10S.Na/c1-11-20-19(12(2)31)24(33)30(20)21(25(34)35)22(11)41-16-8-17(28-9-16)23(32)29-15-6-4-5-14(7-15)26(36)38-10-18-13(3)39-27(37)40-18;/h4-7,11-12,16-17,19-20,28,31H,8-10H2,1-3H3,(H,29,32)(H,34,35);/q;+1/p-1/t11-,12-,16+,17+,19-,20-;/m1./s1. The van der Waals surface area contributed by atoms with Gasteiger partial charge in [-0.25, -0.2) is 9.59 Å². The van der Waals surface area contributed by atoms with Crippen LogP contribution in [0, 0.1) is 18.8 Å². The maximum atomic E-state index is 13.0. The number of anilines is 1. The zero-order valence-corrected chi connectivity index (χ0v) is 26.2. The minimum Gasteiger partial charge on any atom is -0.543 e. The smallest absolute Gasteiger partial charge is 0.543 e. The average Bonchev–Trinajstić information content (AvgIpc) is 3.58. The Balaban J connectivity index is 0.00000405. The Hall–Kier alpha value is -2.88. The number of esters is 1. The Labute approximate surface area is 266 Å². The van der Waals surface area contributed by atoms with Crippen LogP contribution in [0.5, 0.6) is 0 Å².